The molecule has 1 atom stereocenters. The van der Waals surface area contributed by atoms with Gasteiger partial charge in [0.1, 0.15) is 12.4 Å². The van der Waals surface area contributed by atoms with Crippen molar-refractivity contribution in [2.75, 3.05) is 0 Å². The molecule has 0 aliphatic rings. The van der Waals surface area contributed by atoms with E-state index < -0.39 is 11.6 Å². The molecule has 1 N–H and O–H groups in total. The minimum absolute atomic E-state index is 0.181. The summed E-state index contributed by atoms with van der Waals surface area (Å²) in [5.74, 6) is -0.307. The number of carbonyl (C=O) groups is 1. The van der Waals surface area contributed by atoms with Crippen molar-refractivity contribution >= 4 is 22.0 Å². The molecule has 0 aliphatic heterocycles. The Morgan fingerprint density at radius 1 is 0.966 bits per heavy atom. The van der Waals surface area contributed by atoms with E-state index in [1.165, 1.54) is 6.07 Å². The monoisotopic (exact) mass is 455 g/mol. The van der Waals surface area contributed by atoms with E-state index in [0.717, 1.165) is 11.1 Å². The number of benzene rings is 3. The van der Waals surface area contributed by atoms with Crippen LogP contribution in [0, 0.1) is 5.82 Å². The Balaban J connectivity index is 1.75. The van der Waals surface area contributed by atoms with Crippen LogP contribution in [-0.2, 0) is 24.2 Å². The molecule has 3 rings (SSSR count). The highest BCUT2D eigenvalue weighted by atomic mass is 79.9. The molecule has 3 aromatic rings. The Bertz CT molecular complexity index is 950. The van der Waals surface area contributed by atoms with Gasteiger partial charge in [0.15, 0.2) is 0 Å². The van der Waals surface area contributed by atoms with E-state index in [9.17, 15) is 9.18 Å². The SMILES string of the molecule is CC(Cc1ccccc1)(Cc1ccc(Br)cc1F)NC(=O)OCc1ccccc1. The largest absolute Gasteiger partial charge is 0.445 e. The van der Waals surface area contributed by atoms with E-state index in [1.807, 2.05) is 67.6 Å². The third-order valence-corrected chi connectivity index (χ3v) is 5.14. The lowest BCUT2D eigenvalue weighted by Gasteiger charge is -2.31. The third kappa shape index (κ3) is 6.43. The van der Waals surface area contributed by atoms with Gasteiger partial charge in [-0.1, -0.05) is 82.7 Å². The molecule has 0 saturated heterocycles. The van der Waals surface area contributed by atoms with Gasteiger partial charge >= 0.3 is 6.09 Å². The molecule has 3 aromatic carbocycles. The first-order valence-electron chi connectivity index (χ1n) is 9.40. The zero-order chi connectivity index (χ0) is 20.7. The number of nitrogens with one attached hydrogen (secondary N) is 1. The van der Waals surface area contributed by atoms with Crippen LogP contribution >= 0.6 is 15.9 Å². The summed E-state index contributed by atoms with van der Waals surface area (Å²) in [4.78, 5) is 12.5. The maximum atomic E-state index is 14.5. The fraction of sp³-hybridized carbons (Fsp3) is 0.208. The second kappa shape index (κ2) is 9.70. The molecule has 150 valence electrons. The average molecular weight is 456 g/mol. The summed E-state index contributed by atoms with van der Waals surface area (Å²) < 4.78 is 20.5. The fourth-order valence-corrected chi connectivity index (χ4v) is 3.62. The lowest BCUT2D eigenvalue weighted by Crippen LogP contribution is -2.49. The van der Waals surface area contributed by atoms with Crippen LogP contribution in [0.2, 0.25) is 0 Å². The summed E-state index contributed by atoms with van der Waals surface area (Å²) in [6.45, 7) is 2.09. The molecule has 1 amide bonds. The zero-order valence-electron chi connectivity index (χ0n) is 16.2. The van der Waals surface area contributed by atoms with Gasteiger partial charge < -0.3 is 10.1 Å². The zero-order valence-corrected chi connectivity index (χ0v) is 17.8. The third-order valence-electron chi connectivity index (χ3n) is 4.65. The molecule has 3 nitrogen and oxygen atoms in total. The Morgan fingerprint density at radius 2 is 1.59 bits per heavy atom. The number of halogens is 2. The van der Waals surface area contributed by atoms with Crippen molar-refractivity contribution in [1.29, 1.82) is 0 Å². The highest BCUT2D eigenvalue weighted by Gasteiger charge is 2.29. The van der Waals surface area contributed by atoms with Gasteiger partial charge in [0, 0.05) is 10.0 Å². The number of alkyl carbamates (subject to hydrolysis) is 1. The predicted octanol–water partition coefficient (Wildman–Crippen LogP) is 6.06. The van der Waals surface area contributed by atoms with Crippen LogP contribution in [0.4, 0.5) is 9.18 Å². The molecule has 5 heteroatoms. The molecule has 0 heterocycles. The lowest BCUT2D eigenvalue weighted by atomic mass is 9.86. The van der Waals surface area contributed by atoms with E-state index in [-0.39, 0.29) is 12.4 Å². The summed E-state index contributed by atoms with van der Waals surface area (Å²) >= 11 is 3.28. The van der Waals surface area contributed by atoms with Crippen LogP contribution in [0.5, 0.6) is 0 Å². The summed E-state index contributed by atoms with van der Waals surface area (Å²) in [5, 5.41) is 2.96. The van der Waals surface area contributed by atoms with Gasteiger partial charge in [-0.25, -0.2) is 9.18 Å². The van der Waals surface area contributed by atoms with Gasteiger partial charge in [-0.05, 0) is 48.6 Å². The smallest absolute Gasteiger partial charge is 0.407 e. The molecule has 0 aliphatic carbocycles. The van der Waals surface area contributed by atoms with E-state index in [2.05, 4.69) is 21.2 Å². The molecule has 1 unspecified atom stereocenters. The number of ether oxygens (including phenoxy) is 1. The molecule has 0 bridgehead atoms. The van der Waals surface area contributed by atoms with Crippen LogP contribution in [0.15, 0.2) is 83.3 Å². The summed E-state index contributed by atoms with van der Waals surface area (Å²) in [7, 11) is 0. The van der Waals surface area contributed by atoms with Crippen molar-refractivity contribution in [3.05, 3.63) is 106 Å². The van der Waals surface area contributed by atoms with Crippen LogP contribution < -0.4 is 5.32 Å². The molecule has 0 aromatic heterocycles. The fourth-order valence-electron chi connectivity index (χ4n) is 3.29. The molecule has 29 heavy (non-hydrogen) atoms. The predicted molar refractivity (Wildman–Crippen MR) is 116 cm³/mol. The number of hydrogen-bond acceptors (Lipinski definition) is 2. The Kier molecular flexibility index (Phi) is 7.04. The summed E-state index contributed by atoms with van der Waals surface area (Å²) in [6, 6.07) is 24.3. The van der Waals surface area contributed by atoms with Crippen molar-refractivity contribution in [2.45, 2.75) is 31.9 Å². The van der Waals surface area contributed by atoms with Crippen molar-refractivity contribution < 1.29 is 13.9 Å². The maximum absolute atomic E-state index is 14.5. The van der Waals surface area contributed by atoms with Crippen molar-refractivity contribution in [3.8, 4) is 0 Å². The van der Waals surface area contributed by atoms with Gasteiger partial charge in [0.25, 0.3) is 0 Å². The van der Waals surface area contributed by atoms with Crippen LogP contribution in [0.1, 0.15) is 23.6 Å². The van der Waals surface area contributed by atoms with Gasteiger partial charge in [-0.15, -0.1) is 0 Å². The average Bonchev–Trinajstić information content (AvgIpc) is 2.70. The van der Waals surface area contributed by atoms with Gasteiger partial charge in [0.05, 0.1) is 0 Å². The maximum Gasteiger partial charge on any atom is 0.407 e. The number of carbonyl (C=O) groups excluding carboxylic acids is 1. The highest BCUT2D eigenvalue weighted by Crippen LogP contribution is 2.23. The minimum atomic E-state index is -0.718. The summed E-state index contributed by atoms with van der Waals surface area (Å²) in [5.41, 5.74) is 1.78. The molecule has 0 spiro atoms. The summed E-state index contributed by atoms with van der Waals surface area (Å²) in [6.07, 6.45) is 0.357. The van der Waals surface area contributed by atoms with Crippen LogP contribution in [0.3, 0.4) is 0 Å². The lowest BCUT2D eigenvalue weighted by molar-refractivity contribution is 0.127. The van der Waals surface area contributed by atoms with Crippen LogP contribution in [0.25, 0.3) is 0 Å². The highest BCUT2D eigenvalue weighted by molar-refractivity contribution is 9.10. The van der Waals surface area contributed by atoms with Crippen LogP contribution in [-0.4, -0.2) is 11.6 Å². The first-order chi connectivity index (χ1) is 13.9. The van der Waals surface area contributed by atoms with Gasteiger partial charge in [-0.2, -0.15) is 0 Å². The van der Waals surface area contributed by atoms with E-state index in [4.69, 9.17) is 4.74 Å². The topological polar surface area (TPSA) is 38.3 Å². The standard InChI is InChI=1S/C24H23BrFNO2/c1-24(15-18-8-4-2-5-9-18,16-20-12-13-21(25)14-22(20)26)27-23(28)29-17-19-10-6-3-7-11-19/h2-14H,15-17H2,1H3,(H,27,28). The molecular weight excluding hydrogens is 433 g/mol. The number of amides is 1. The quantitative estimate of drug-likeness (QED) is 0.470. The van der Waals surface area contributed by atoms with E-state index >= 15 is 0 Å². The second-order valence-corrected chi connectivity index (χ2v) is 8.24. The van der Waals surface area contributed by atoms with Crippen molar-refractivity contribution in [1.82, 2.24) is 5.32 Å². The number of hydrogen-bond donors (Lipinski definition) is 1. The normalized spacial score (nSPS) is 12.8. The van der Waals surface area contributed by atoms with Gasteiger partial charge in [-0.3, -0.25) is 0 Å². The Morgan fingerprint density at radius 3 is 2.21 bits per heavy atom. The van der Waals surface area contributed by atoms with E-state index in [0.29, 0.717) is 22.9 Å². The number of rotatable bonds is 7. The molecule has 0 fully saturated rings. The Labute approximate surface area is 179 Å². The van der Waals surface area contributed by atoms with Crippen molar-refractivity contribution in [3.63, 3.8) is 0 Å². The van der Waals surface area contributed by atoms with Crippen molar-refractivity contribution in [2.24, 2.45) is 0 Å². The molecule has 0 radical (unpaired) electrons. The second-order valence-electron chi connectivity index (χ2n) is 7.32. The Hall–Kier alpha value is -2.66. The molecular formula is C24H23BrFNO2. The first-order valence-corrected chi connectivity index (χ1v) is 10.2. The van der Waals surface area contributed by atoms with E-state index in [1.54, 1.807) is 12.1 Å². The van der Waals surface area contributed by atoms with Gasteiger partial charge in [0.2, 0.25) is 0 Å². The first kappa shape index (κ1) is 21.1. The minimum Gasteiger partial charge on any atom is -0.445 e. The molecule has 0 saturated carbocycles.